The van der Waals surface area contributed by atoms with Crippen molar-refractivity contribution in [3.8, 4) is 0 Å². The van der Waals surface area contributed by atoms with Gasteiger partial charge >= 0.3 is 5.97 Å². The molecular weight excluding hydrogens is 308 g/mol. The standard InChI is InChI=1S/C18H34O4Si/c1-10-18(9,22-17(20)11-16(8)19)12-21-23(13(2)3,14(4)5)15(6)7/h10,13-15H,1,11-12H2,2-9H3. The van der Waals surface area contributed by atoms with Gasteiger partial charge in [0.2, 0.25) is 8.32 Å². The molecule has 4 nitrogen and oxygen atoms in total. The van der Waals surface area contributed by atoms with E-state index in [1.54, 1.807) is 13.0 Å². The van der Waals surface area contributed by atoms with Crippen molar-refractivity contribution < 1.29 is 18.8 Å². The third-order valence-corrected chi connectivity index (χ3v) is 10.5. The molecule has 5 heteroatoms. The molecule has 134 valence electrons. The maximum Gasteiger partial charge on any atom is 0.314 e. The van der Waals surface area contributed by atoms with E-state index < -0.39 is 19.9 Å². The van der Waals surface area contributed by atoms with E-state index in [1.807, 2.05) is 0 Å². The monoisotopic (exact) mass is 342 g/mol. The molecule has 0 aliphatic heterocycles. The molecule has 0 aromatic heterocycles. The van der Waals surface area contributed by atoms with Crippen molar-refractivity contribution >= 4 is 20.1 Å². The van der Waals surface area contributed by atoms with Gasteiger partial charge in [-0.15, -0.1) is 0 Å². The van der Waals surface area contributed by atoms with Crippen molar-refractivity contribution in [3.05, 3.63) is 12.7 Å². The number of esters is 1. The first-order chi connectivity index (χ1) is 10.4. The van der Waals surface area contributed by atoms with Gasteiger partial charge in [0.05, 0.1) is 6.61 Å². The van der Waals surface area contributed by atoms with E-state index in [1.165, 1.54) is 6.92 Å². The SMILES string of the molecule is C=CC(C)(CO[Si](C(C)C)(C(C)C)C(C)C)OC(=O)CC(C)=O. The molecular formula is C18H34O4Si. The summed E-state index contributed by atoms with van der Waals surface area (Å²) in [4.78, 5) is 22.9. The molecule has 0 aliphatic rings. The van der Waals surface area contributed by atoms with E-state index in [-0.39, 0.29) is 18.8 Å². The molecule has 1 atom stereocenters. The van der Waals surface area contributed by atoms with Gasteiger partial charge in [0.15, 0.2) is 0 Å². The predicted octanol–water partition coefficient (Wildman–Crippen LogP) is 4.65. The molecule has 0 aromatic rings. The van der Waals surface area contributed by atoms with Crippen LogP contribution in [-0.2, 0) is 18.8 Å². The Labute approximate surface area is 142 Å². The van der Waals surface area contributed by atoms with Crippen LogP contribution < -0.4 is 0 Å². The Bertz CT molecular complexity index is 407. The normalized spacial score (nSPS) is 14.9. The first kappa shape index (κ1) is 22.1. The van der Waals surface area contributed by atoms with Gasteiger partial charge in [-0.05, 0) is 36.5 Å². The molecule has 23 heavy (non-hydrogen) atoms. The van der Waals surface area contributed by atoms with Gasteiger partial charge in [0.1, 0.15) is 17.8 Å². The molecule has 0 heterocycles. The van der Waals surface area contributed by atoms with E-state index in [0.717, 1.165) is 0 Å². The van der Waals surface area contributed by atoms with Crippen LogP contribution in [-0.4, -0.2) is 32.3 Å². The van der Waals surface area contributed by atoms with Crippen LogP contribution in [0.3, 0.4) is 0 Å². The lowest BCUT2D eigenvalue weighted by Gasteiger charge is -2.44. The molecule has 0 saturated heterocycles. The van der Waals surface area contributed by atoms with Crippen molar-refractivity contribution in [3.63, 3.8) is 0 Å². The summed E-state index contributed by atoms with van der Waals surface area (Å²) in [7, 11) is -2.04. The minimum Gasteiger partial charge on any atom is -0.452 e. The number of carbonyl (C=O) groups is 2. The maximum absolute atomic E-state index is 11.8. The summed E-state index contributed by atoms with van der Waals surface area (Å²) in [6.07, 6.45) is 1.37. The quantitative estimate of drug-likeness (QED) is 0.251. The maximum atomic E-state index is 11.8. The van der Waals surface area contributed by atoms with Crippen molar-refractivity contribution in [2.75, 3.05) is 6.61 Å². The topological polar surface area (TPSA) is 52.6 Å². The van der Waals surface area contributed by atoms with E-state index in [9.17, 15) is 9.59 Å². The van der Waals surface area contributed by atoms with Gasteiger partial charge in [-0.2, -0.15) is 0 Å². The Hall–Kier alpha value is -0.943. The van der Waals surface area contributed by atoms with Crippen molar-refractivity contribution in [2.45, 2.75) is 84.0 Å². The first-order valence-corrected chi connectivity index (χ1v) is 10.5. The number of ether oxygens (including phenoxy) is 1. The van der Waals surface area contributed by atoms with Gasteiger partial charge in [-0.1, -0.05) is 48.1 Å². The lowest BCUT2D eigenvalue weighted by atomic mass is 10.1. The first-order valence-electron chi connectivity index (χ1n) is 8.40. The molecule has 0 N–H and O–H groups in total. The van der Waals surface area contributed by atoms with Crippen LogP contribution in [0.5, 0.6) is 0 Å². The Morgan fingerprint density at radius 2 is 1.52 bits per heavy atom. The van der Waals surface area contributed by atoms with Crippen LogP contribution in [0.2, 0.25) is 16.6 Å². The summed E-state index contributed by atoms with van der Waals surface area (Å²) in [6.45, 7) is 20.4. The van der Waals surface area contributed by atoms with Gasteiger partial charge < -0.3 is 9.16 Å². The highest BCUT2D eigenvalue weighted by atomic mass is 28.4. The molecule has 0 amide bonds. The number of Topliss-reactive ketones (excluding diaryl/α,β-unsaturated/α-hetero) is 1. The predicted molar refractivity (Wildman–Crippen MR) is 97.0 cm³/mol. The molecule has 0 bridgehead atoms. The van der Waals surface area contributed by atoms with Gasteiger partial charge in [0, 0.05) is 0 Å². The second-order valence-corrected chi connectivity index (χ2v) is 12.9. The van der Waals surface area contributed by atoms with Crippen LogP contribution in [0.15, 0.2) is 12.7 Å². The summed E-state index contributed by atoms with van der Waals surface area (Å²) < 4.78 is 11.9. The molecule has 1 unspecified atom stereocenters. The van der Waals surface area contributed by atoms with Gasteiger partial charge in [0.25, 0.3) is 0 Å². The smallest absolute Gasteiger partial charge is 0.314 e. The van der Waals surface area contributed by atoms with Gasteiger partial charge in [-0.25, -0.2) is 0 Å². The Kier molecular flexibility index (Phi) is 8.42. The second-order valence-electron chi connectivity index (χ2n) is 7.48. The zero-order valence-corrected chi connectivity index (χ0v) is 17.1. The third kappa shape index (κ3) is 5.88. The van der Waals surface area contributed by atoms with Gasteiger partial charge in [-0.3, -0.25) is 9.59 Å². The average Bonchev–Trinajstić information content (AvgIpc) is 2.36. The van der Waals surface area contributed by atoms with Crippen molar-refractivity contribution in [2.24, 2.45) is 0 Å². The van der Waals surface area contributed by atoms with Crippen molar-refractivity contribution in [1.29, 1.82) is 0 Å². The number of ketones is 1. The minimum absolute atomic E-state index is 0.211. The molecule has 0 radical (unpaired) electrons. The largest absolute Gasteiger partial charge is 0.452 e. The Morgan fingerprint density at radius 1 is 1.09 bits per heavy atom. The zero-order valence-electron chi connectivity index (χ0n) is 16.1. The minimum atomic E-state index is -2.04. The molecule has 0 aliphatic carbocycles. The summed E-state index contributed by atoms with van der Waals surface area (Å²) in [5, 5.41) is 0. The Balaban J connectivity index is 5.20. The van der Waals surface area contributed by atoms with Crippen LogP contribution in [0.1, 0.15) is 61.8 Å². The fraction of sp³-hybridized carbons (Fsp3) is 0.778. The van der Waals surface area contributed by atoms with Crippen LogP contribution in [0, 0.1) is 0 Å². The lowest BCUT2D eigenvalue weighted by Crippen LogP contribution is -2.51. The summed E-state index contributed by atoms with van der Waals surface area (Å²) in [6, 6.07) is 0. The summed E-state index contributed by atoms with van der Waals surface area (Å²) in [5.74, 6) is -0.744. The highest BCUT2D eigenvalue weighted by Gasteiger charge is 2.46. The summed E-state index contributed by atoms with van der Waals surface area (Å²) >= 11 is 0. The molecule has 0 fully saturated rings. The van der Waals surface area contributed by atoms with E-state index >= 15 is 0 Å². The molecule has 0 rings (SSSR count). The van der Waals surface area contributed by atoms with Crippen LogP contribution in [0.25, 0.3) is 0 Å². The fourth-order valence-corrected chi connectivity index (χ4v) is 8.93. The number of hydrogen-bond acceptors (Lipinski definition) is 4. The molecule has 0 aromatic carbocycles. The van der Waals surface area contributed by atoms with E-state index in [0.29, 0.717) is 16.6 Å². The lowest BCUT2D eigenvalue weighted by molar-refractivity contribution is -0.157. The number of hydrogen-bond donors (Lipinski definition) is 0. The van der Waals surface area contributed by atoms with E-state index in [2.05, 4.69) is 48.1 Å². The highest BCUT2D eigenvalue weighted by Crippen LogP contribution is 2.42. The number of carbonyl (C=O) groups excluding carboxylic acids is 2. The highest BCUT2D eigenvalue weighted by molar-refractivity contribution is 6.77. The summed E-state index contributed by atoms with van der Waals surface area (Å²) in [5.41, 5.74) is 0.433. The molecule has 0 spiro atoms. The van der Waals surface area contributed by atoms with E-state index in [4.69, 9.17) is 9.16 Å². The molecule has 0 saturated carbocycles. The Morgan fingerprint density at radius 3 is 1.83 bits per heavy atom. The third-order valence-electron chi connectivity index (χ3n) is 4.49. The fourth-order valence-electron chi connectivity index (χ4n) is 3.40. The average molecular weight is 343 g/mol. The van der Waals surface area contributed by atoms with Crippen LogP contribution >= 0.6 is 0 Å². The van der Waals surface area contributed by atoms with Crippen molar-refractivity contribution in [1.82, 2.24) is 0 Å². The number of rotatable bonds is 10. The second kappa shape index (κ2) is 8.78. The van der Waals surface area contributed by atoms with Crippen LogP contribution in [0.4, 0.5) is 0 Å². The zero-order chi connectivity index (χ0) is 18.4.